The summed E-state index contributed by atoms with van der Waals surface area (Å²) in [6, 6.07) is 12.8. The number of nitrogens with zero attached hydrogens (tertiary/aromatic N) is 5. The predicted octanol–water partition coefficient (Wildman–Crippen LogP) is 3.37. The lowest BCUT2D eigenvalue weighted by Gasteiger charge is -2.19. The van der Waals surface area contributed by atoms with E-state index in [-0.39, 0.29) is 27.3 Å². The molecule has 1 aromatic carbocycles. The molecule has 1 unspecified atom stereocenters. The number of aromatic nitrogens is 4. The summed E-state index contributed by atoms with van der Waals surface area (Å²) in [5.41, 5.74) is 1.34. The minimum absolute atomic E-state index is 0.137. The molecule has 0 radical (unpaired) electrons. The second kappa shape index (κ2) is 8.74. The van der Waals surface area contributed by atoms with E-state index in [1.165, 1.54) is 40.2 Å². The molecular weight excluding hydrogens is 534 g/mol. The molecule has 1 saturated heterocycles. The van der Waals surface area contributed by atoms with Gasteiger partial charge in [0.2, 0.25) is 0 Å². The maximum absolute atomic E-state index is 13.4. The summed E-state index contributed by atoms with van der Waals surface area (Å²) in [6.07, 6.45) is 2.54. The van der Waals surface area contributed by atoms with E-state index in [1.54, 1.807) is 48.7 Å². The Morgan fingerprint density at radius 1 is 1.05 bits per heavy atom. The number of imidazole rings is 1. The largest absolute Gasteiger partial charge is 0.385 e. The van der Waals surface area contributed by atoms with Gasteiger partial charge in [-0.1, -0.05) is 24.3 Å². The molecule has 10 nitrogen and oxygen atoms in total. The van der Waals surface area contributed by atoms with Gasteiger partial charge in [-0.25, -0.2) is 30.8 Å². The number of sulfonamides is 1. The molecule has 0 saturated carbocycles. The van der Waals surface area contributed by atoms with E-state index in [0.29, 0.717) is 35.2 Å². The van der Waals surface area contributed by atoms with Gasteiger partial charge in [-0.05, 0) is 43.0 Å². The summed E-state index contributed by atoms with van der Waals surface area (Å²) in [6.45, 7) is 2.13. The number of aliphatic hydroxyl groups is 1. The van der Waals surface area contributed by atoms with Crippen LogP contribution in [0.25, 0.3) is 22.1 Å². The van der Waals surface area contributed by atoms with Gasteiger partial charge >= 0.3 is 0 Å². The van der Waals surface area contributed by atoms with E-state index in [9.17, 15) is 21.9 Å². The lowest BCUT2D eigenvalue weighted by molar-refractivity contribution is 0.182. The zero-order valence-electron chi connectivity index (χ0n) is 19.7. The second-order valence-corrected chi connectivity index (χ2v) is 13.8. The Morgan fingerprint density at radius 2 is 1.84 bits per heavy atom. The van der Waals surface area contributed by atoms with Gasteiger partial charge in [0.25, 0.3) is 20.0 Å². The second-order valence-electron chi connectivity index (χ2n) is 8.91. The Labute approximate surface area is 217 Å². The van der Waals surface area contributed by atoms with Crippen LogP contribution in [0.5, 0.6) is 0 Å². The first-order valence-electron chi connectivity index (χ1n) is 11.6. The average Bonchev–Trinajstić information content (AvgIpc) is 3.67. The van der Waals surface area contributed by atoms with Gasteiger partial charge in [-0.3, -0.25) is 0 Å². The van der Waals surface area contributed by atoms with E-state index in [0.717, 1.165) is 3.97 Å². The van der Waals surface area contributed by atoms with Crippen molar-refractivity contribution in [3.8, 4) is 0 Å². The molecule has 0 spiro atoms. The van der Waals surface area contributed by atoms with Gasteiger partial charge in [0, 0.05) is 24.7 Å². The zero-order chi connectivity index (χ0) is 25.9. The molecular formula is C24H23N5O5S3. The molecule has 0 bridgehead atoms. The van der Waals surface area contributed by atoms with Crippen molar-refractivity contribution in [2.75, 3.05) is 13.1 Å². The Bertz CT molecular complexity index is 1830. The highest BCUT2D eigenvalue weighted by Crippen LogP contribution is 2.36. The number of pyridine rings is 1. The van der Waals surface area contributed by atoms with Gasteiger partial charge in [0.05, 0.1) is 22.7 Å². The fraction of sp³-hybridized carbons (Fsp3) is 0.250. The quantitative estimate of drug-likeness (QED) is 0.339. The lowest BCUT2D eigenvalue weighted by Crippen LogP contribution is -2.29. The molecule has 1 N–H and O–H groups in total. The lowest BCUT2D eigenvalue weighted by atomic mass is 10.2. The first-order chi connectivity index (χ1) is 17.7. The summed E-state index contributed by atoms with van der Waals surface area (Å²) >= 11 is 1.17. The van der Waals surface area contributed by atoms with Crippen LogP contribution in [-0.4, -0.2) is 57.8 Å². The molecule has 2 atom stereocenters. The molecule has 1 fully saturated rings. The van der Waals surface area contributed by atoms with Crippen LogP contribution >= 0.6 is 11.3 Å². The molecule has 5 aromatic rings. The van der Waals surface area contributed by atoms with Gasteiger partial charge < -0.3 is 9.67 Å². The number of hydrogen-bond donors (Lipinski definition) is 1. The monoisotopic (exact) mass is 557 g/mol. The van der Waals surface area contributed by atoms with E-state index in [2.05, 4.69) is 9.97 Å². The third-order valence-corrected chi connectivity index (χ3v) is 11.5. The zero-order valence-corrected chi connectivity index (χ0v) is 22.1. The number of thiophene rings is 1. The molecule has 1 aliphatic heterocycles. The Hall–Kier alpha value is -3.10. The first kappa shape index (κ1) is 24.2. The summed E-state index contributed by atoms with van der Waals surface area (Å²) in [4.78, 5) is 9.15. The van der Waals surface area contributed by atoms with Crippen molar-refractivity contribution < 1.29 is 21.9 Å². The SMILES string of the molecule is C[C@@H](O)c1nc2cnc3c(ccn3S(=O)(=O)c3ccccc3)c2n1C1CCN(S(=O)(=O)c2cccs2)C1. The van der Waals surface area contributed by atoms with Crippen molar-refractivity contribution in [3.05, 3.63) is 72.1 Å². The molecule has 0 aliphatic carbocycles. The molecule has 37 heavy (non-hydrogen) atoms. The van der Waals surface area contributed by atoms with E-state index in [1.807, 2.05) is 4.57 Å². The molecule has 0 amide bonds. The Kier molecular flexibility index (Phi) is 5.73. The minimum atomic E-state index is -3.90. The third kappa shape index (κ3) is 3.80. The molecule has 5 heterocycles. The van der Waals surface area contributed by atoms with Crippen molar-refractivity contribution in [3.63, 3.8) is 0 Å². The van der Waals surface area contributed by atoms with Crippen LogP contribution in [0.2, 0.25) is 0 Å². The van der Waals surface area contributed by atoms with Crippen LogP contribution < -0.4 is 0 Å². The average molecular weight is 558 g/mol. The fourth-order valence-corrected chi connectivity index (χ4v) is 8.87. The molecule has 192 valence electrons. The van der Waals surface area contributed by atoms with Crippen molar-refractivity contribution in [2.24, 2.45) is 0 Å². The highest BCUT2D eigenvalue weighted by atomic mass is 32.2. The van der Waals surface area contributed by atoms with Crippen LogP contribution in [0.15, 0.2) is 75.4 Å². The maximum Gasteiger partial charge on any atom is 0.269 e. The van der Waals surface area contributed by atoms with Gasteiger partial charge in [-0.15, -0.1) is 11.3 Å². The predicted molar refractivity (Wildman–Crippen MR) is 139 cm³/mol. The molecule has 1 aliphatic rings. The topological polar surface area (TPSA) is 127 Å². The van der Waals surface area contributed by atoms with Crippen LogP contribution in [0.1, 0.15) is 31.3 Å². The van der Waals surface area contributed by atoms with Crippen LogP contribution in [0, 0.1) is 0 Å². The highest BCUT2D eigenvalue weighted by molar-refractivity contribution is 7.91. The number of rotatable bonds is 6. The molecule has 13 heteroatoms. The number of benzene rings is 1. The minimum Gasteiger partial charge on any atom is -0.385 e. The standard InChI is InChI=1S/C24H23N5O5S3/c1-16(30)23-26-20-14-25-24-19(10-12-28(24)36(31,32)18-6-3-2-4-7-18)22(20)29(23)17-9-11-27(15-17)37(33,34)21-8-5-13-35-21/h2-8,10,12-14,16-17,30H,9,11,15H2,1H3/t16-,17?/m1/s1. The van der Waals surface area contributed by atoms with Crippen LogP contribution in [0.3, 0.4) is 0 Å². The van der Waals surface area contributed by atoms with Gasteiger partial charge in [0.15, 0.2) is 5.65 Å². The van der Waals surface area contributed by atoms with Crippen LogP contribution in [0.4, 0.5) is 0 Å². The number of fused-ring (bicyclic) bond motifs is 3. The Morgan fingerprint density at radius 3 is 2.54 bits per heavy atom. The van der Waals surface area contributed by atoms with Crippen LogP contribution in [-0.2, 0) is 20.0 Å². The van der Waals surface area contributed by atoms with E-state index >= 15 is 0 Å². The fourth-order valence-electron chi connectivity index (χ4n) is 4.91. The number of aliphatic hydroxyl groups excluding tert-OH is 1. The van der Waals surface area contributed by atoms with Crippen molar-refractivity contribution in [1.29, 1.82) is 0 Å². The van der Waals surface area contributed by atoms with Crippen molar-refractivity contribution >= 4 is 53.5 Å². The maximum atomic E-state index is 13.4. The third-order valence-electron chi connectivity index (χ3n) is 6.61. The normalized spacial score (nSPS) is 18.2. The summed E-state index contributed by atoms with van der Waals surface area (Å²) in [5.74, 6) is 0.378. The summed E-state index contributed by atoms with van der Waals surface area (Å²) < 4.78 is 57.7. The molecule has 4 aromatic heterocycles. The Balaban J connectivity index is 1.49. The van der Waals surface area contributed by atoms with Crippen molar-refractivity contribution in [1.82, 2.24) is 22.8 Å². The van der Waals surface area contributed by atoms with Gasteiger partial charge in [0.1, 0.15) is 21.7 Å². The smallest absolute Gasteiger partial charge is 0.269 e. The van der Waals surface area contributed by atoms with E-state index < -0.39 is 26.2 Å². The molecule has 6 rings (SSSR count). The van der Waals surface area contributed by atoms with Gasteiger partial charge in [-0.2, -0.15) is 4.31 Å². The number of hydrogen-bond acceptors (Lipinski definition) is 8. The van der Waals surface area contributed by atoms with Crippen molar-refractivity contribution in [2.45, 2.75) is 34.6 Å². The summed E-state index contributed by atoms with van der Waals surface area (Å²) in [5, 5.41) is 12.8. The van der Waals surface area contributed by atoms with E-state index in [4.69, 9.17) is 0 Å². The highest BCUT2D eigenvalue weighted by Gasteiger charge is 2.36. The first-order valence-corrected chi connectivity index (χ1v) is 15.4. The summed E-state index contributed by atoms with van der Waals surface area (Å²) in [7, 11) is -7.53.